The Morgan fingerprint density at radius 1 is 0.981 bits per heavy atom. The van der Waals surface area contributed by atoms with Gasteiger partial charge in [0, 0.05) is 52.5 Å². The lowest BCUT2D eigenvalue weighted by Gasteiger charge is -2.71. The Bertz CT molecular complexity index is 2010. The molecule has 6 aliphatic rings. The van der Waals surface area contributed by atoms with Gasteiger partial charge in [0.05, 0.1) is 26.0 Å². The molecular weight excluding hydrogens is 675 g/mol. The fourth-order valence-corrected chi connectivity index (χ4v) is 14.5. The van der Waals surface area contributed by atoms with Crippen LogP contribution in [0.2, 0.25) is 0 Å². The number of nitrogens with one attached hydrogen (secondary N) is 3. The molecule has 3 saturated carbocycles. The monoisotopic (exact) mass is 740 g/mol. The summed E-state index contributed by atoms with van der Waals surface area (Å²) in [6.07, 6.45) is 11.5. The lowest BCUT2D eigenvalue weighted by Crippen LogP contribution is -2.64. The lowest BCUT2D eigenvalue weighted by molar-refractivity contribution is -0.151. The summed E-state index contributed by atoms with van der Waals surface area (Å²) < 4.78 is 12.3. The van der Waals surface area contributed by atoms with Crippen LogP contribution in [-0.2, 0) is 29.5 Å². The van der Waals surface area contributed by atoms with E-state index in [9.17, 15) is 4.79 Å². The standard InChI is InChI=1S/C44H65N7O3/c1-40(2)21-29-25(30(22-40)36-27(10-14-45)39(52)50-47-36)8-12-44(7)35(29)28(26-11-17-54-32(26)24-51-15-18-53-19-16-51)20-34-42(5)23-31-37(48-49-38(31)46)41(3,4)33(42)9-13-43(34,44)6/h11,17,25,29-30,33-34H,8-10,12-16,18-24,45H2,1-7H3,(H3,46,48,49)(H2,47,50,52)/t25-,29-,30+,33-,34?,42-,43+,44+/m0/s1. The Labute approximate surface area is 321 Å². The molecule has 1 unspecified atom stereocenters. The quantitative estimate of drug-likeness (QED) is 0.178. The molecule has 294 valence electrons. The predicted octanol–water partition coefficient (Wildman–Crippen LogP) is 7.30. The van der Waals surface area contributed by atoms with E-state index in [2.05, 4.69) is 79.8 Å². The van der Waals surface area contributed by atoms with Gasteiger partial charge in [-0.05, 0) is 121 Å². The van der Waals surface area contributed by atoms with Gasteiger partial charge in [0.25, 0.3) is 5.56 Å². The number of morpholine rings is 1. The predicted molar refractivity (Wildman–Crippen MR) is 213 cm³/mol. The summed E-state index contributed by atoms with van der Waals surface area (Å²) in [7, 11) is 0. The molecule has 5 aliphatic carbocycles. The van der Waals surface area contributed by atoms with E-state index in [1.807, 2.05) is 6.26 Å². The first-order valence-corrected chi connectivity index (χ1v) is 21.1. The number of nitrogens with two attached hydrogens (primary N) is 2. The van der Waals surface area contributed by atoms with Crippen molar-refractivity contribution in [3.8, 4) is 0 Å². The first-order valence-electron chi connectivity index (χ1n) is 21.1. The summed E-state index contributed by atoms with van der Waals surface area (Å²) in [5.74, 6) is 3.88. The van der Waals surface area contributed by atoms with Gasteiger partial charge in [0.15, 0.2) is 0 Å². The lowest BCUT2D eigenvalue weighted by atomic mass is 9.33. The molecule has 0 bridgehead atoms. The van der Waals surface area contributed by atoms with Crippen molar-refractivity contribution < 1.29 is 9.15 Å². The van der Waals surface area contributed by atoms with E-state index in [1.165, 1.54) is 29.7 Å². The van der Waals surface area contributed by atoms with E-state index in [4.69, 9.17) is 20.6 Å². The van der Waals surface area contributed by atoms with E-state index in [1.54, 1.807) is 11.1 Å². The zero-order chi connectivity index (χ0) is 38.0. The normalized spacial score (nSPS) is 37.2. The molecule has 7 N–H and O–H groups in total. The summed E-state index contributed by atoms with van der Waals surface area (Å²) in [5.41, 5.74) is 22.1. The second kappa shape index (κ2) is 12.5. The molecule has 4 heterocycles. The highest BCUT2D eigenvalue weighted by Crippen LogP contribution is 2.76. The molecule has 3 aromatic rings. The zero-order valence-electron chi connectivity index (χ0n) is 33.9. The number of rotatable bonds is 6. The number of fused-ring (bicyclic) bond motifs is 8. The molecule has 0 aromatic carbocycles. The van der Waals surface area contributed by atoms with Gasteiger partial charge >= 0.3 is 0 Å². The fourth-order valence-electron chi connectivity index (χ4n) is 14.5. The highest BCUT2D eigenvalue weighted by molar-refractivity contribution is 5.74. The Morgan fingerprint density at radius 2 is 1.74 bits per heavy atom. The van der Waals surface area contributed by atoms with Crippen LogP contribution < -0.4 is 17.0 Å². The number of hydrogen-bond donors (Lipinski definition) is 5. The number of hydrogen-bond acceptors (Lipinski definition) is 7. The van der Waals surface area contributed by atoms with Crippen molar-refractivity contribution in [3.05, 3.63) is 62.1 Å². The van der Waals surface area contributed by atoms with Crippen LogP contribution in [-0.4, -0.2) is 58.1 Å². The molecule has 4 fully saturated rings. The van der Waals surface area contributed by atoms with Crippen LogP contribution in [0.5, 0.6) is 0 Å². The molecule has 1 saturated heterocycles. The van der Waals surface area contributed by atoms with Crippen LogP contribution >= 0.6 is 0 Å². The van der Waals surface area contributed by atoms with Crippen LogP contribution in [0, 0.1) is 45.3 Å². The SMILES string of the molecule is CC1(C)C[C@@H]2C3=C(c4ccoc4CN4CCOCC4)CC4[C@@]5(C)Cc6c(N)n[nH]c6C(C)(C)[C@@H]5CC[C@@]4(C)[C@]3(C)CC[C@@H]2[C@H](c2[nH][nH]c(=O)c2CCN)C1. The molecule has 10 nitrogen and oxygen atoms in total. The molecule has 0 radical (unpaired) electrons. The Kier molecular flexibility index (Phi) is 8.43. The molecule has 10 heteroatoms. The van der Waals surface area contributed by atoms with Gasteiger partial charge in [0.2, 0.25) is 0 Å². The topological polar surface area (TPSA) is 155 Å². The maximum atomic E-state index is 13.2. The van der Waals surface area contributed by atoms with Crippen LogP contribution in [0.15, 0.2) is 27.1 Å². The molecule has 3 aromatic heterocycles. The minimum atomic E-state index is -0.0521. The van der Waals surface area contributed by atoms with Gasteiger partial charge in [-0.25, -0.2) is 0 Å². The molecule has 0 amide bonds. The molecule has 0 spiro atoms. The van der Waals surface area contributed by atoms with E-state index in [0.717, 1.165) is 88.4 Å². The van der Waals surface area contributed by atoms with Gasteiger partial charge < -0.3 is 25.7 Å². The van der Waals surface area contributed by atoms with Crippen LogP contribution in [0.3, 0.4) is 0 Å². The average Bonchev–Trinajstić information content (AvgIpc) is 3.83. The minimum Gasteiger partial charge on any atom is -0.467 e. The van der Waals surface area contributed by atoms with E-state index in [0.29, 0.717) is 42.5 Å². The minimum absolute atomic E-state index is 0.00284. The fraction of sp³-hybridized carbons (Fsp3) is 0.727. The summed E-state index contributed by atoms with van der Waals surface area (Å²) >= 11 is 0. The first-order chi connectivity index (χ1) is 25.6. The summed E-state index contributed by atoms with van der Waals surface area (Å²) in [6, 6.07) is 2.30. The van der Waals surface area contributed by atoms with Crippen molar-refractivity contribution in [3.63, 3.8) is 0 Å². The molecule has 8 atom stereocenters. The van der Waals surface area contributed by atoms with Crippen molar-refractivity contribution in [2.75, 3.05) is 38.6 Å². The number of allylic oxidation sites excluding steroid dienone is 2. The largest absolute Gasteiger partial charge is 0.467 e. The van der Waals surface area contributed by atoms with Gasteiger partial charge in [-0.1, -0.05) is 54.0 Å². The smallest absolute Gasteiger partial charge is 0.267 e. The summed E-state index contributed by atoms with van der Waals surface area (Å²) in [6.45, 7) is 22.5. The third-order valence-electron chi connectivity index (χ3n) is 17.0. The van der Waals surface area contributed by atoms with Crippen molar-refractivity contribution >= 4 is 11.4 Å². The summed E-state index contributed by atoms with van der Waals surface area (Å²) in [5, 5.41) is 14.4. The number of anilines is 1. The molecule has 1 aliphatic heterocycles. The zero-order valence-corrected chi connectivity index (χ0v) is 33.9. The van der Waals surface area contributed by atoms with Crippen molar-refractivity contribution in [1.29, 1.82) is 0 Å². The highest BCUT2D eigenvalue weighted by Gasteiger charge is 2.68. The highest BCUT2D eigenvalue weighted by atomic mass is 16.5. The molecular formula is C44H65N7O3. The number of aromatic nitrogens is 4. The van der Waals surface area contributed by atoms with Gasteiger partial charge in [-0.3, -0.25) is 19.9 Å². The number of furan rings is 1. The van der Waals surface area contributed by atoms with E-state index in [-0.39, 0.29) is 38.6 Å². The number of nitrogens with zero attached hydrogens (tertiary/aromatic N) is 2. The van der Waals surface area contributed by atoms with Crippen LogP contribution in [0.1, 0.15) is 133 Å². The Hall–Kier alpha value is -3.08. The van der Waals surface area contributed by atoms with Gasteiger partial charge in [-0.2, -0.15) is 5.10 Å². The second-order valence-electron chi connectivity index (χ2n) is 20.5. The van der Waals surface area contributed by atoms with Crippen LogP contribution in [0.25, 0.3) is 5.57 Å². The summed E-state index contributed by atoms with van der Waals surface area (Å²) in [4.78, 5) is 15.7. The van der Waals surface area contributed by atoms with E-state index < -0.39 is 0 Å². The third kappa shape index (κ3) is 5.13. The van der Waals surface area contributed by atoms with E-state index >= 15 is 0 Å². The van der Waals surface area contributed by atoms with Crippen molar-refractivity contribution in [2.24, 2.45) is 51.1 Å². The Balaban J connectivity index is 1.23. The molecule has 54 heavy (non-hydrogen) atoms. The van der Waals surface area contributed by atoms with Gasteiger partial charge in [-0.15, -0.1) is 0 Å². The number of ether oxygens (including phenoxy) is 1. The number of nitrogen functional groups attached to an aromatic ring is 1. The van der Waals surface area contributed by atoms with Gasteiger partial charge in [0.1, 0.15) is 11.6 Å². The van der Waals surface area contributed by atoms with Crippen molar-refractivity contribution in [2.45, 2.75) is 124 Å². The van der Waals surface area contributed by atoms with Crippen LogP contribution in [0.4, 0.5) is 5.82 Å². The molecule has 9 rings (SSSR count). The number of aromatic amines is 3. The maximum absolute atomic E-state index is 13.2. The van der Waals surface area contributed by atoms with Crippen molar-refractivity contribution in [1.82, 2.24) is 25.3 Å². The Morgan fingerprint density at radius 3 is 2.50 bits per heavy atom. The maximum Gasteiger partial charge on any atom is 0.267 e. The first kappa shape index (κ1) is 36.6. The third-order valence-corrected chi connectivity index (χ3v) is 17.0. The second-order valence-corrected chi connectivity index (χ2v) is 20.5. The average molecular weight is 740 g/mol. The number of H-pyrrole nitrogens is 3.